The Bertz CT molecular complexity index is 1730. The fourth-order valence-corrected chi connectivity index (χ4v) is 8.78. The number of likely N-dealkylation sites (N-methyl/N-ethyl adjacent to an activating group) is 1. The third-order valence-corrected chi connectivity index (χ3v) is 11.9. The number of para-hydroxylation sites is 1. The van der Waals surface area contributed by atoms with Crippen LogP contribution in [0.25, 0.3) is 17.1 Å². The first kappa shape index (κ1) is 42.5. The molecule has 0 spiro atoms. The summed E-state index contributed by atoms with van der Waals surface area (Å²) in [6.45, 7) is 14.0. The number of aliphatic hydroxyl groups excluding tert-OH is 1. The van der Waals surface area contributed by atoms with E-state index in [1.807, 2.05) is 63.2 Å². The van der Waals surface area contributed by atoms with E-state index in [9.17, 15) is 24.3 Å². The Hall–Kier alpha value is -3.69. The number of esters is 1. The number of amides is 1. The number of cyclic esters (lactones) is 1. The number of Topliss-reactive ketones (excluding diaryl/α,β-unsaturated/α-hetero) is 2. The second-order valence-electron chi connectivity index (χ2n) is 16.4. The van der Waals surface area contributed by atoms with Crippen LogP contribution in [0, 0.1) is 23.7 Å². The molecule has 3 N–H and O–H groups in total. The quantitative estimate of drug-likeness (QED) is 0.234. The highest BCUT2D eigenvalue weighted by Gasteiger charge is 2.57. The number of carbonyl (C=O) groups is 4. The number of benzene rings is 1. The van der Waals surface area contributed by atoms with E-state index in [1.54, 1.807) is 40.9 Å². The molecule has 55 heavy (non-hydrogen) atoms. The van der Waals surface area contributed by atoms with Gasteiger partial charge in [-0.1, -0.05) is 58.4 Å². The molecule has 304 valence electrons. The molecule has 0 saturated carbocycles. The van der Waals surface area contributed by atoms with Crippen LogP contribution in [-0.4, -0.2) is 118 Å². The molecule has 14 heteroatoms. The number of alkyl carbamates (subject to hydrolysis) is 1. The van der Waals surface area contributed by atoms with Crippen molar-refractivity contribution in [3.63, 3.8) is 0 Å². The number of aliphatic hydroxyl groups is 1. The summed E-state index contributed by atoms with van der Waals surface area (Å²) < 4.78 is 31.6. The molecule has 3 aliphatic heterocycles. The second kappa shape index (κ2) is 17.2. The van der Waals surface area contributed by atoms with Crippen molar-refractivity contribution in [2.75, 3.05) is 20.7 Å². The maximum absolute atomic E-state index is 14.5. The van der Waals surface area contributed by atoms with E-state index < -0.39 is 83.4 Å². The third kappa shape index (κ3) is 8.83. The van der Waals surface area contributed by atoms with Crippen LogP contribution in [0.1, 0.15) is 86.6 Å². The third-order valence-electron chi connectivity index (χ3n) is 11.9. The number of ether oxygens (including phenoxy) is 5. The molecule has 1 aromatic carbocycles. The summed E-state index contributed by atoms with van der Waals surface area (Å²) in [4.78, 5) is 65.1. The van der Waals surface area contributed by atoms with Gasteiger partial charge in [0.15, 0.2) is 17.7 Å². The van der Waals surface area contributed by atoms with Crippen LogP contribution in [0.3, 0.4) is 0 Å². The standard InChI is InChI=1S/C41H60N4O10/c1-11-14-30-41(8)35(44-39(50)55-41)24(4)32(46)22(2)20-40(7,51-18-13-16-27-15-12-17-28-31(27)43-21-42-28)36(25(5)33(47)26(6)37(49)53-30)54-38-34(48)29(45(9)10)19-23(3)52-38/h12-13,15-17,21-26,29-30,34-36,38,48H,11,14,18-20H2,1-10H3,(H,42,43)(H,44,50)/b16-13+/t22-,23-,24+,25+,26-,29+,30-,34-,35+,36-,38+,40-,41-/m1/s1. The van der Waals surface area contributed by atoms with E-state index in [1.165, 1.54) is 6.92 Å². The average molecular weight is 769 g/mol. The predicted molar refractivity (Wildman–Crippen MR) is 205 cm³/mol. The second-order valence-corrected chi connectivity index (χ2v) is 16.4. The minimum atomic E-state index is -1.38. The molecule has 1 amide bonds. The molecule has 1 aromatic heterocycles. The lowest BCUT2D eigenvalue weighted by Gasteiger charge is -2.47. The van der Waals surface area contributed by atoms with Gasteiger partial charge in [0.2, 0.25) is 0 Å². The number of aromatic nitrogens is 2. The Kier molecular flexibility index (Phi) is 13.3. The van der Waals surface area contributed by atoms with Crippen molar-refractivity contribution < 1.29 is 48.0 Å². The van der Waals surface area contributed by atoms with Gasteiger partial charge in [0.1, 0.15) is 23.9 Å². The first-order valence-corrected chi connectivity index (χ1v) is 19.6. The van der Waals surface area contributed by atoms with E-state index in [2.05, 4.69) is 15.3 Å². The first-order chi connectivity index (χ1) is 25.9. The minimum absolute atomic E-state index is 0.0558. The number of imidazole rings is 1. The van der Waals surface area contributed by atoms with E-state index in [0.29, 0.717) is 19.3 Å². The van der Waals surface area contributed by atoms with Crippen LogP contribution in [0.15, 0.2) is 30.6 Å². The van der Waals surface area contributed by atoms with Crippen molar-refractivity contribution in [1.82, 2.24) is 20.2 Å². The molecule has 13 atom stereocenters. The average Bonchev–Trinajstić information content (AvgIpc) is 3.75. The van der Waals surface area contributed by atoms with Crippen LogP contribution < -0.4 is 5.32 Å². The summed E-state index contributed by atoms with van der Waals surface area (Å²) in [6.07, 6.45) is 1.65. The van der Waals surface area contributed by atoms with Gasteiger partial charge in [0.25, 0.3) is 0 Å². The highest BCUT2D eigenvalue weighted by atomic mass is 16.7. The largest absolute Gasteiger partial charge is 0.457 e. The van der Waals surface area contributed by atoms with Crippen LogP contribution in [-0.2, 0) is 38.1 Å². The van der Waals surface area contributed by atoms with Gasteiger partial charge in [0, 0.05) is 29.4 Å². The topological polar surface area (TPSA) is 179 Å². The lowest BCUT2D eigenvalue weighted by molar-refractivity contribution is -0.296. The lowest BCUT2D eigenvalue weighted by Crippen LogP contribution is -2.60. The zero-order valence-corrected chi connectivity index (χ0v) is 33.9. The monoisotopic (exact) mass is 768 g/mol. The van der Waals surface area contributed by atoms with E-state index in [-0.39, 0.29) is 31.0 Å². The fourth-order valence-electron chi connectivity index (χ4n) is 8.78. The van der Waals surface area contributed by atoms with Gasteiger partial charge in [-0.05, 0) is 67.1 Å². The molecule has 0 radical (unpaired) electrons. The van der Waals surface area contributed by atoms with E-state index >= 15 is 0 Å². The molecular formula is C41H60N4O10. The van der Waals surface area contributed by atoms with Crippen molar-refractivity contribution in [2.45, 2.75) is 135 Å². The van der Waals surface area contributed by atoms with Gasteiger partial charge >= 0.3 is 12.1 Å². The molecule has 2 aromatic rings. The molecule has 4 heterocycles. The molecule has 3 fully saturated rings. The van der Waals surface area contributed by atoms with Gasteiger partial charge in [-0.2, -0.15) is 0 Å². The fraction of sp³-hybridized carbons (Fsp3) is 0.683. The Balaban J connectivity index is 1.57. The van der Waals surface area contributed by atoms with E-state index in [0.717, 1.165) is 16.6 Å². The summed E-state index contributed by atoms with van der Waals surface area (Å²) in [7, 11) is 3.74. The number of hydrogen-bond donors (Lipinski definition) is 3. The number of fused-ring (bicyclic) bond motifs is 2. The molecule has 5 rings (SSSR count). The van der Waals surface area contributed by atoms with Crippen LogP contribution in [0.4, 0.5) is 4.79 Å². The Morgan fingerprint density at radius 3 is 2.47 bits per heavy atom. The van der Waals surface area contributed by atoms with Crippen LogP contribution in [0.5, 0.6) is 0 Å². The van der Waals surface area contributed by atoms with Crippen LogP contribution in [0.2, 0.25) is 0 Å². The molecule has 14 nitrogen and oxygen atoms in total. The molecule has 0 aliphatic carbocycles. The number of nitrogens with one attached hydrogen (secondary N) is 2. The van der Waals surface area contributed by atoms with Crippen molar-refractivity contribution in [3.05, 3.63) is 36.2 Å². The maximum atomic E-state index is 14.5. The zero-order chi connectivity index (χ0) is 40.4. The highest BCUT2D eigenvalue weighted by molar-refractivity contribution is 6.00. The maximum Gasteiger partial charge on any atom is 0.408 e. The van der Waals surface area contributed by atoms with Gasteiger partial charge in [-0.25, -0.2) is 9.78 Å². The zero-order valence-electron chi connectivity index (χ0n) is 33.9. The number of carbonyl (C=O) groups excluding carboxylic acids is 4. The van der Waals surface area contributed by atoms with E-state index in [4.69, 9.17) is 23.7 Å². The summed E-state index contributed by atoms with van der Waals surface area (Å²) >= 11 is 0. The van der Waals surface area contributed by atoms with Gasteiger partial charge in [-0.15, -0.1) is 0 Å². The number of ketones is 2. The van der Waals surface area contributed by atoms with Crippen molar-refractivity contribution in [3.8, 4) is 0 Å². The smallest absolute Gasteiger partial charge is 0.408 e. The summed E-state index contributed by atoms with van der Waals surface area (Å²) in [5.74, 6) is -5.11. The first-order valence-electron chi connectivity index (χ1n) is 19.6. The molecule has 3 aliphatic rings. The Morgan fingerprint density at radius 1 is 1.05 bits per heavy atom. The van der Waals surface area contributed by atoms with Crippen molar-refractivity contribution in [1.29, 1.82) is 0 Å². The van der Waals surface area contributed by atoms with Crippen molar-refractivity contribution >= 4 is 40.7 Å². The Labute approximate surface area is 324 Å². The summed E-state index contributed by atoms with van der Waals surface area (Å²) in [5.41, 5.74) is -0.194. The van der Waals surface area contributed by atoms with Crippen molar-refractivity contribution in [2.24, 2.45) is 23.7 Å². The highest BCUT2D eigenvalue weighted by Crippen LogP contribution is 2.40. The number of rotatable bonds is 9. The lowest BCUT2D eigenvalue weighted by atomic mass is 9.73. The summed E-state index contributed by atoms with van der Waals surface area (Å²) in [5, 5.41) is 14.4. The molecule has 3 saturated heterocycles. The number of H-pyrrole nitrogens is 1. The molecule has 0 bridgehead atoms. The van der Waals surface area contributed by atoms with Gasteiger partial charge in [0.05, 0.1) is 47.8 Å². The SMILES string of the molecule is CCC[C@H]1OC(=O)[C@H](C)C(=O)[C@H](C)[C@@H](O[C@@H]2O[C@H](C)C[C@H](N(C)C)[C@H]2O)[C@](C)(OC/C=C/c2cccc3[nH]cnc23)C[C@@H](C)C(=O)[C@H](C)[C@@H]2NC(=O)O[C@]12C. The summed E-state index contributed by atoms with van der Waals surface area (Å²) in [6, 6.07) is 4.66. The number of hydrogen-bond acceptors (Lipinski definition) is 12. The van der Waals surface area contributed by atoms with Gasteiger partial charge < -0.3 is 44.0 Å². The minimum Gasteiger partial charge on any atom is -0.457 e. The molecule has 0 unspecified atom stereocenters. The Morgan fingerprint density at radius 2 is 1.78 bits per heavy atom. The van der Waals surface area contributed by atoms with Gasteiger partial charge in [-0.3, -0.25) is 14.4 Å². The van der Waals surface area contributed by atoms with Crippen LogP contribution >= 0.6 is 0 Å². The number of nitrogens with zero attached hydrogens (tertiary/aromatic N) is 2. The predicted octanol–water partition coefficient (Wildman–Crippen LogP) is 4.83. The molecular weight excluding hydrogens is 708 g/mol. The normalized spacial score (nSPS) is 38.1. The number of aromatic amines is 1.